The molecule has 2 heterocycles. The lowest BCUT2D eigenvalue weighted by Gasteiger charge is -2.34. The smallest absolute Gasteiger partial charge is 0.252 e. The number of rotatable bonds is 5. The van der Waals surface area contributed by atoms with Gasteiger partial charge in [-0.15, -0.1) is 11.3 Å². The molecule has 7 heteroatoms. The van der Waals surface area contributed by atoms with Gasteiger partial charge in [0.05, 0.1) is 0 Å². The Morgan fingerprint density at radius 3 is 2.77 bits per heavy atom. The van der Waals surface area contributed by atoms with E-state index in [4.69, 9.17) is 0 Å². The van der Waals surface area contributed by atoms with Crippen LogP contribution in [0, 0.1) is 13.8 Å². The summed E-state index contributed by atoms with van der Waals surface area (Å²) in [4.78, 5) is 12.6. The SMILES string of the molecule is Cc1cccc(NC(=O)CC2CCCCN2S(=O)(=O)c2cccs2)c1C. The van der Waals surface area contributed by atoms with Gasteiger partial charge >= 0.3 is 0 Å². The van der Waals surface area contributed by atoms with E-state index in [1.54, 1.807) is 17.5 Å². The van der Waals surface area contributed by atoms with E-state index in [0.717, 1.165) is 29.7 Å². The molecule has 0 bridgehead atoms. The normalized spacial score (nSPS) is 18.6. The Kier molecular flexibility index (Phi) is 5.79. The standard InChI is InChI=1S/C19H24N2O3S2/c1-14-7-5-9-17(15(14)2)20-18(22)13-16-8-3-4-11-21(16)26(23,24)19-10-6-12-25-19/h5-7,9-10,12,16H,3-4,8,11,13H2,1-2H3,(H,20,22). The Labute approximate surface area is 159 Å². The van der Waals surface area contributed by atoms with Gasteiger partial charge in [-0.05, 0) is 55.3 Å². The molecule has 1 saturated heterocycles. The maximum Gasteiger partial charge on any atom is 0.252 e. The van der Waals surface area contributed by atoms with E-state index in [1.807, 2.05) is 32.0 Å². The van der Waals surface area contributed by atoms with Crippen LogP contribution in [0.4, 0.5) is 5.69 Å². The minimum atomic E-state index is -3.53. The minimum absolute atomic E-state index is 0.142. The molecule has 1 unspecified atom stereocenters. The third-order valence-electron chi connectivity index (χ3n) is 4.93. The summed E-state index contributed by atoms with van der Waals surface area (Å²) in [7, 11) is -3.53. The summed E-state index contributed by atoms with van der Waals surface area (Å²) < 4.78 is 27.7. The van der Waals surface area contributed by atoms with Crippen molar-refractivity contribution in [2.75, 3.05) is 11.9 Å². The average Bonchev–Trinajstić information content (AvgIpc) is 3.15. The van der Waals surface area contributed by atoms with Gasteiger partial charge in [0.15, 0.2) is 0 Å². The van der Waals surface area contributed by atoms with E-state index in [9.17, 15) is 13.2 Å². The third-order valence-corrected chi connectivity index (χ3v) is 8.26. The summed E-state index contributed by atoms with van der Waals surface area (Å²) in [6, 6.07) is 8.86. The highest BCUT2D eigenvalue weighted by atomic mass is 32.2. The van der Waals surface area contributed by atoms with Crippen molar-refractivity contribution < 1.29 is 13.2 Å². The van der Waals surface area contributed by atoms with E-state index in [1.165, 1.54) is 15.6 Å². The molecule has 1 amide bonds. The van der Waals surface area contributed by atoms with Crippen LogP contribution in [0.25, 0.3) is 0 Å². The van der Waals surface area contributed by atoms with Crippen molar-refractivity contribution in [1.29, 1.82) is 0 Å². The Balaban J connectivity index is 1.74. The van der Waals surface area contributed by atoms with E-state index in [0.29, 0.717) is 17.2 Å². The van der Waals surface area contributed by atoms with Crippen LogP contribution in [0.2, 0.25) is 0 Å². The molecule has 1 aliphatic heterocycles. The minimum Gasteiger partial charge on any atom is -0.326 e. The Bertz CT molecular complexity index is 876. The lowest BCUT2D eigenvalue weighted by molar-refractivity contribution is -0.117. The van der Waals surface area contributed by atoms with Crippen molar-refractivity contribution in [1.82, 2.24) is 4.31 Å². The van der Waals surface area contributed by atoms with Crippen LogP contribution in [-0.4, -0.2) is 31.2 Å². The highest BCUT2D eigenvalue weighted by Gasteiger charge is 2.35. The van der Waals surface area contributed by atoms with Crippen molar-refractivity contribution in [3.8, 4) is 0 Å². The van der Waals surface area contributed by atoms with Crippen LogP contribution in [0.3, 0.4) is 0 Å². The fourth-order valence-electron chi connectivity index (χ4n) is 3.32. The van der Waals surface area contributed by atoms with Crippen molar-refractivity contribution in [2.45, 2.75) is 49.8 Å². The van der Waals surface area contributed by atoms with Crippen LogP contribution in [0.15, 0.2) is 39.9 Å². The highest BCUT2D eigenvalue weighted by Crippen LogP contribution is 2.29. The van der Waals surface area contributed by atoms with Gasteiger partial charge in [0.25, 0.3) is 10.0 Å². The second kappa shape index (κ2) is 7.90. The van der Waals surface area contributed by atoms with Gasteiger partial charge in [0.2, 0.25) is 5.91 Å². The highest BCUT2D eigenvalue weighted by molar-refractivity contribution is 7.91. The first-order valence-corrected chi connectivity index (χ1v) is 11.1. The number of nitrogens with one attached hydrogen (secondary N) is 1. The van der Waals surface area contributed by atoms with Gasteiger partial charge in [-0.1, -0.05) is 24.6 Å². The number of sulfonamides is 1. The van der Waals surface area contributed by atoms with Crippen LogP contribution in [0.5, 0.6) is 0 Å². The Hall–Kier alpha value is -1.70. The zero-order valence-electron chi connectivity index (χ0n) is 15.1. The van der Waals surface area contributed by atoms with Crippen LogP contribution in [0.1, 0.15) is 36.8 Å². The summed E-state index contributed by atoms with van der Waals surface area (Å²) in [6.45, 7) is 4.45. The van der Waals surface area contributed by atoms with Crippen molar-refractivity contribution in [3.63, 3.8) is 0 Å². The number of benzene rings is 1. The molecule has 3 rings (SSSR count). The van der Waals surface area contributed by atoms with Crippen molar-refractivity contribution in [2.24, 2.45) is 0 Å². The van der Waals surface area contributed by atoms with Gasteiger partial charge < -0.3 is 5.32 Å². The maximum atomic E-state index is 12.9. The topological polar surface area (TPSA) is 66.5 Å². The number of piperidine rings is 1. The first-order valence-electron chi connectivity index (χ1n) is 8.81. The summed E-state index contributed by atoms with van der Waals surface area (Å²) in [5.41, 5.74) is 2.94. The number of hydrogen-bond acceptors (Lipinski definition) is 4. The van der Waals surface area contributed by atoms with E-state index >= 15 is 0 Å². The maximum absolute atomic E-state index is 12.9. The summed E-state index contributed by atoms with van der Waals surface area (Å²) >= 11 is 1.22. The van der Waals surface area contributed by atoms with Crippen LogP contribution < -0.4 is 5.32 Å². The third kappa shape index (κ3) is 4.00. The Morgan fingerprint density at radius 2 is 2.04 bits per heavy atom. The lowest BCUT2D eigenvalue weighted by Crippen LogP contribution is -2.45. The predicted molar refractivity (Wildman–Crippen MR) is 105 cm³/mol. The molecule has 1 aromatic heterocycles. The van der Waals surface area contributed by atoms with Crippen LogP contribution in [-0.2, 0) is 14.8 Å². The van der Waals surface area contributed by atoms with Gasteiger partial charge in [-0.25, -0.2) is 8.42 Å². The molecule has 1 aliphatic rings. The molecule has 2 aromatic rings. The van der Waals surface area contributed by atoms with Gasteiger partial charge in [0, 0.05) is 24.7 Å². The molecule has 1 fully saturated rings. The molecular weight excluding hydrogens is 368 g/mol. The second-order valence-electron chi connectivity index (χ2n) is 6.70. The van der Waals surface area contributed by atoms with Gasteiger partial charge in [-0.2, -0.15) is 4.31 Å². The zero-order chi connectivity index (χ0) is 18.7. The molecule has 5 nitrogen and oxygen atoms in total. The monoisotopic (exact) mass is 392 g/mol. The molecule has 140 valence electrons. The van der Waals surface area contributed by atoms with Gasteiger partial charge in [0.1, 0.15) is 4.21 Å². The first kappa shape index (κ1) is 19.1. The number of carbonyl (C=O) groups excluding carboxylic acids is 1. The summed E-state index contributed by atoms with van der Waals surface area (Å²) in [6.07, 6.45) is 2.67. The average molecular weight is 393 g/mol. The van der Waals surface area contributed by atoms with Crippen molar-refractivity contribution >= 4 is 33.0 Å². The number of nitrogens with zero attached hydrogens (tertiary/aromatic N) is 1. The molecule has 1 atom stereocenters. The molecule has 1 aromatic carbocycles. The number of thiophene rings is 1. The van der Waals surface area contributed by atoms with Crippen LogP contribution >= 0.6 is 11.3 Å². The number of carbonyl (C=O) groups is 1. The number of aryl methyl sites for hydroxylation is 1. The number of hydrogen-bond donors (Lipinski definition) is 1. The summed E-state index contributed by atoms with van der Waals surface area (Å²) in [5, 5.41) is 4.71. The fraction of sp³-hybridized carbons (Fsp3) is 0.421. The predicted octanol–water partition coefficient (Wildman–Crippen LogP) is 3.94. The molecule has 0 radical (unpaired) electrons. The fourth-order valence-corrected chi connectivity index (χ4v) is 6.13. The number of amides is 1. The van der Waals surface area contributed by atoms with Crippen molar-refractivity contribution in [3.05, 3.63) is 46.8 Å². The largest absolute Gasteiger partial charge is 0.326 e. The molecule has 0 saturated carbocycles. The van der Waals surface area contributed by atoms with E-state index in [2.05, 4.69) is 5.32 Å². The molecule has 0 aliphatic carbocycles. The molecule has 26 heavy (non-hydrogen) atoms. The van der Waals surface area contributed by atoms with E-state index in [-0.39, 0.29) is 18.4 Å². The van der Waals surface area contributed by atoms with E-state index < -0.39 is 10.0 Å². The second-order valence-corrected chi connectivity index (χ2v) is 9.76. The molecule has 1 N–H and O–H groups in total. The lowest BCUT2D eigenvalue weighted by atomic mass is 10.0. The molecular formula is C19H24N2O3S2. The van der Waals surface area contributed by atoms with Gasteiger partial charge in [-0.3, -0.25) is 4.79 Å². The first-order chi connectivity index (χ1) is 12.4. The molecule has 0 spiro atoms. The Morgan fingerprint density at radius 1 is 1.23 bits per heavy atom. The summed E-state index contributed by atoms with van der Waals surface area (Å²) in [5.74, 6) is -0.142. The quantitative estimate of drug-likeness (QED) is 0.838. The number of anilines is 1. The zero-order valence-corrected chi connectivity index (χ0v) is 16.7.